The molecule has 4 aromatic rings. The van der Waals surface area contributed by atoms with E-state index in [1.54, 1.807) is 0 Å². The van der Waals surface area contributed by atoms with E-state index in [0.717, 1.165) is 48.9 Å². The average molecular weight is 472 g/mol. The summed E-state index contributed by atoms with van der Waals surface area (Å²) in [6, 6.07) is 14.5. The van der Waals surface area contributed by atoms with E-state index in [1.165, 1.54) is 51.8 Å². The van der Waals surface area contributed by atoms with E-state index in [2.05, 4.69) is 35.4 Å². The third-order valence-corrected chi connectivity index (χ3v) is 7.48. The molecule has 1 aliphatic carbocycles. The smallest absolute Gasteiger partial charge is 0.263 e. The van der Waals surface area contributed by atoms with Gasteiger partial charge in [0.25, 0.3) is 5.56 Å². The Bertz CT molecular complexity index is 1390. The predicted molar refractivity (Wildman–Crippen MR) is 140 cm³/mol. The van der Waals surface area contributed by atoms with Crippen LogP contribution in [0.1, 0.15) is 49.3 Å². The summed E-state index contributed by atoms with van der Waals surface area (Å²) in [7, 11) is 0. The van der Waals surface area contributed by atoms with E-state index in [-0.39, 0.29) is 18.0 Å². The number of benzene rings is 2. The Labute approximate surface area is 203 Å². The number of hydrogen-bond acceptors (Lipinski definition) is 4. The molecule has 0 aliphatic heterocycles. The van der Waals surface area contributed by atoms with Crippen LogP contribution in [0.5, 0.6) is 0 Å². The highest BCUT2D eigenvalue weighted by Crippen LogP contribution is 2.33. The number of unbranched alkanes of at least 4 members (excludes halogenated alkanes) is 1. The average Bonchev–Trinajstić information content (AvgIpc) is 3.30. The van der Waals surface area contributed by atoms with Crippen LogP contribution in [0.2, 0.25) is 0 Å². The van der Waals surface area contributed by atoms with Crippen LogP contribution in [0.3, 0.4) is 0 Å². The maximum absolute atomic E-state index is 13.4. The standard InChI is InChI=1S/C28H29N3O2S/c1-2-3-6-19-9-13-23(14-10-19)30-25(32)16-31-18-29-27-26(28(31)33)24(17-34-27)22-12-11-20-7-4-5-8-21(20)15-22/h9-15,17-18H,2-8,16H2,1H3,(H,30,32). The number of nitrogens with zero attached hydrogens (tertiary/aromatic N) is 2. The molecule has 34 heavy (non-hydrogen) atoms. The molecule has 174 valence electrons. The second-order valence-corrected chi connectivity index (χ2v) is 9.90. The molecule has 0 unspecified atom stereocenters. The van der Waals surface area contributed by atoms with Gasteiger partial charge in [-0.2, -0.15) is 0 Å². The fourth-order valence-corrected chi connectivity index (χ4v) is 5.59. The van der Waals surface area contributed by atoms with E-state index < -0.39 is 0 Å². The minimum Gasteiger partial charge on any atom is -0.325 e. The quantitative estimate of drug-likeness (QED) is 0.360. The Balaban J connectivity index is 1.37. The zero-order chi connectivity index (χ0) is 23.5. The molecule has 2 aromatic carbocycles. The fourth-order valence-electron chi connectivity index (χ4n) is 4.68. The van der Waals surface area contributed by atoms with Gasteiger partial charge in [0.05, 0.1) is 11.7 Å². The number of aromatic nitrogens is 2. The Morgan fingerprint density at radius 3 is 2.68 bits per heavy atom. The lowest BCUT2D eigenvalue weighted by molar-refractivity contribution is -0.116. The maximum Gasteiger partial charge on any atom is 0.263 e. The topological polar surface area (TPSA) is 64.0 Å². The van der Waals surface area contributed by atoms with Crippen molar-refractivity contribution in [2.75, 3.05) is 5.32 Å². The van der Waals surface area contributed by atoms with Crippen LogP contribution in [0.15, 0.2) is 59.0 Å². The number of rotatable bonds is 7. The predicted octanol–water partition coefficient (Wildman–Crippen LogP) is 5.99. The Hall–Kier alpha value is -3.25. The Morgan fingerprint density at radius 1 is 1.09 bits per heavy atom. The number of carbonyl (C=O) groups is 1. The molecule has 0 spiro atoms. The van der Waals surface area contributed by atoms with Gasteiger partial charge in [0.1, 0.15) is 11.4 Å². The summed E-state index contributed by atoms with van der Waals surface area (Å²) in [5.74, 6) is -0.241. The summed E-state index contributed by atoms with van der Waals surface area (Å²) in [6.45, 7) is 2.10. The van der Waals surface area contributed by atoms with Gasteiger partial charge in [0.2, 0.25) is 5.91 Å². The van der Waals surface area contributed by atoms with Crippen molar-refractivity contribution in [1.29, 1.82) is 0 Å². The van der Waals surface area contributed by atoms with Gasteiger partial charge in [-0.3, -0.25) is 14.2 Å². The number of nitrogens with one attached hydrogen (secondary N) is 1. The molecule has 1 aliphatic rings. The molecule has 0 saturated heterocycles. The largest absolute Gasteiger partial charge is 0.325 e. The summed E-state index contributed by atoms with van der Waals surface area (Å²) < 4.78 is 1.40. The monoisotopic (exact) mass is 471 g/mol. The third-order valence-electron chi connectivity index (χ3n) is 6.59. The first-order valence-electron chi connectivity index (χ1n) is 12.1. The van der Waals surface area contributed by atoms with Crippen LogP contribution in [0, 0.1) is 0 Å². The van der Waals surface area contributed by atoms with Crippen LogP contribution in [0.4, 0.5) is 5.69 Å². The van der Waals surface area contributed by atoms with Gasteiger partial charge in [0, 0.05) is 16.6 Å². The normalized spacial score (nSPS) is 13.1. The molecule has 2 heterocycles. The molecule has 0 radical (unpaired) electrons. The highest BCUT2D eigenvalue weighted by atomic mass is 32.1. The lowest BCUT2D eigenvalue weighted by Gasteiger charge is -2.16. The van der Waals surface area contributed by atoms with Crippen molar-refractivity contribution in [1.82, 2.24) is 9.55 Å². The number of thiophene rings is 1. The van der Waals surface area contributed by atoms with Gasteiger partial charge in [-0.15, -0.1) is 11.3 Å². The van der Waals surface area contributed by atoms with Crippen molar-refractivity contribution in [2.45, 2.75) is 58.4 Å². The highest BCUT2D eigenvalue weighted by Gasteiger charge is 2.17. The van der Waals surface area contributed by atoms with Gasteiger partial charge in [-0.25, -0.2) is 4.98 Å². The second-order valence-electron chi connectivity index (χ2n) is 9.05. The van der Waals surface area contributed by atoms with Crippen LogP contribution >= 0.6 is 11.3 Å². The summed E-state index contributed by atoms with van der Waals surface area (Å²) in [4.78, 5) is 31.2. The number of anilines is 1. The first-order valence-corrected chi connectivity index (χ1v) is 13.0. The van der Waals surface area contributed by atoms with Crippen molar-refractivity contribution in [3.8, 4) is 11.1 Å². The Morgan fingerprint density at radius 2 is 1.88 bits per heavy atom. The zero-order valence-electron chi connectivity index (χ0n) is 19.5. The fraction of sp³-hybridized carbons (Fsp3) is 0.321. The van der Waals surface area contributed by atoms with E-state index >= 15 is 0 Å². The van der Waals surface area contributed by atoms with Gasteiger partial charge in [-0.05, 0) is 72.9 Å². The summed E-state index contributed by atoms with van der Waals surface area (Å²) >= 11 is 1.47. The molecule has 6 heteroatoms. The number of amides is 1. The second kappa shape index (κ2) is 9.94. The molecule has 0 bridgehead atoms. The minimum absolute atomic E-state index is 0.0706. The van der Waals surface area contributed by atoms with Crippen molar-refractivity contribution < 1.29 is 4.79 Å². The number of aryl methyl sites for hydroxylation is 3. The lowest BCUT2D eigenvalue weighted by Crippen LogP contribution is -2.27. The van der Waals surface area contributed by atoms with Crippen molar-refractivity contribution in [3.05, 3.63) is 81.2 Å². The van der Waals surface area contributed by atoms with Crippen LogP contribution < -0.4 is 10.9 Å². The third kappa shape index (κ3) is 4.68. The van der Waals surface area contributed by atoms with Gasteiger partial charge >= 0.3 is 0 Å². The van der Waals surface area contributed by atoms with E-state index in [0.29, 0.717) is 10.2 Å². The molecule has 1 amide bonds. The first kappa shape index (κ1) is 22.5. The van der Waals surface area contributed by atoms with Gasteiger partial charge in [0.15, 0.2) is 0 Å². The van der Waals surface area contributed by atoms with Gasteiger partial charge in [-0.1, -0.05) is 43.7 Å². The highest BCUT2D eigenvalue weighted by molar-refractivity contribution is 7.17. The summed E-state index contributed by atoms with van der Waals surface area (Å²) in [5, 5.41) is 5.50. The van der Waals surface area contributed by atoms with Crippen molar-refractivity contribution >= 4 is 33.1 Å². The van der Waals surface area contributed by atoms with Crippen LogP contribution in [-0.2, 0) is 30.6 Å². The molecule has 5 rings (SSSR count). The van der Waals surface area contributed by atoms with E-state index in [4.69, 9.17) is 0 Å². The zero-order valence-corrected chi connectivity index (χ0v) is 20.3. The maximum atomic E-state index is 13.4. The molecule has 5 nitrogen and oxygen atoms in total. The van der Waals surface area contributed by atoms with Crippen LogP contribution in [-0.4, -0.2) is 15.5 Å². The molecular weight excluding hydrogens is 442 g/mol. The Kier molecular flexibility index (Phi) is 6.59. The molecular formula is C28H29N3O2S. The van der Waals surface area contributed by atoms with Crippen molar-refractivity contribution in [3.63, 3.8) is 0 Å². The number of fused-ring (bicyclic) bond motifs is 2. The lowest BCUT2D eigenvalue weighted by atomic mass is 9.89. The summed E-state index contributed by atoms with van der Waals surface area (Å²) in [5.41, 5.74) is 6.58. The molecule has 0 saturated carbocycles. The van der Waals surface area contributed by atoms with Crippen LogP contribution in [0.25, 0.3) is 21.3 Å². The molecule has 0 atom stereocenters. The van der Waals surface area contributed by atoms with E-state index in [1.807, 2.05) is 29.6 Å². The molecule has 0 fully saturated rings. The first-order chi connectivity index (χ1) is 16.6. The minimum atomic E-state index is -0.241. The SMILES string of the molecule is CCCCc1ccc(NC(=O)Cn2cnc3scc(-c4ccc5c(c4)CCCC5)c3c2=O)cc1. The molecule has 2 aromatic heterocycles. The van der Waals surface area contributed by atoms with E-state index in [9.17, 15) is 9.59 Å². The number of carbonyl (C=O) groups excluding carboxylic acids is 1. The molecule has 1 N–H and O–H groups in total. The van der Waals surface area contributed by atoms with Gasteiger partial charge < -0.3 is 5.32 Å². The summed E-state index contributed by atoms with van der Waals surface area (Å²) in [6.07, 6.45) is 9.51. The van der Waals surface area contributed by atoms with Crippen molar-refractivity contribution in [2.24, 2.45) is 0 Å². The number of hydrogen-bond donors (Lipinski definition) is 1.